The Balaban J connectivity index is 2.42. The first-order valence-corrected chi connectivity index (χ1v) is 9.18. The van der Waals surface area contributed by atoms with Gasteiger partial charge in [-0.1, -0.05) is 32.9 Å². The summed E-state index contributed by atoms with van der Waals surface area (Å²) in [6, 6.07) is 3.78. The van der Waals surface area contributed by atoms with Crippen LogP contribution in [0.3, 0.4) is 0 Å². The standard InChI is InChI=1S/C20H27BrO3/c1-12-7-8-20(4,5)16(13(12)2)9-15-10-19(23-6)17(21)11-18(15)24-14(3)22/h10-12,16H,2,7-9H2,1,3-6H3/t12?,16-/m1/s1. The van der Waals surface area contributed by atoms with Crippen LogP contribution in [0.4, 0.5) is 0 Å². The summed E-state index contributed by atoms with van der Waals surface area (Å²) >= 11 is 3.47. The van der Waals surface area contributed by atoms with Gasteiger partial charge in [0.15, 0.2) is 0 Å². The summed E-state index contributed by atoms with van der Waals surface area (Å²) in [5.41, 5.74) is 2.46. The Morgan fingerprint density at radius 2 is 2.04 bits per heavy atom. The Kier molecular flexibility index (Phi) is 5.79. The fourth-order valence-corrected chi connectivity index (χ4v) is 4.05. The maximum absolute atomic E-state index is 11.5. The zero-order valence-corrected chi connectivity index (χ0v) is 16.8. The smallest absolute Gasteiger partial charge is 0.308 e. The highest BCUT2D eigenvalue weighted by atomic mass is 79.9. The average Bonchev–Trinajstić information content (AvgIpc) is 2.49. The maximum atomic E-state index is 11.5. The topological polar surface area (TPSA) is 35.5 Å². The molecule has 1 saturated carbocycles. The predicted molar refractivity (Wildman–Crippen MR) is 101 cm³/mol. The van der Waals surface area contributed by atoms with Crippen LogP contribution in [0.15, 0.2) is 28.8 Å². The van der Waals surface area contributed by atoms with Crippen LogP contribution in [0.25, 0.3) is 0 Å². The molecule has 0 N–H and O–H groups in total. The SMILES string of the molecule is C=C1C(C)CCC(C)(C)[C@@H]1Cc1cc(OC)c(Br)cc1OC(C)=O. The summed E-state index contributed by atoms with van der Waals surface area (Å²) in [5.74, 6) is 1.90. The number of ether oxygens (including phenoxy) is 2. The highest BCUT2D eigenvalue weighted by Crippen LogP contribution is 2.48. The molecule has 1 aliphatic carbocycles. The van der Waals surface area contributed by atoms with Crippen LogP contribution >= 0.6 is 15.9 Å². The summed E-state index contributed by atoms with van der Waals surface area (Å²) in [4.78, 5) is 11.5. The number of hydrogen-bond donors (Lipinski definition) is 0. The molecule has 0 saturated heterocycles. The molecule has 0 spiro atoms. The Labute approximate surface area is 153 Å². The minimum absolute atomic E-state index is 0.178. The molecule has 24 heavy (non-hydrogen) atoms. The number of allylic oxidation sites excluding steroid dienone is 1. The number of halogens is 1. The molecule has 2 atom stereocenters. The third-order valence-electron chi connectivity index (χ3n) is 5.26. The molecule has 1 aromatic carbocycles. The van der Waals surface area contributed by atoms with E-state index in [1.54, 1.807) is 7.11 Å². The molecule has 0 bridgehead atoms. The molecule has 0 heterocycles. The van der Waals surface area contributed by atoms with E-state index in [2.05, 4.69) is 43.3 Å². The van der Waals surface area contributed by atoms with E-state index in [9.17, 15) is 4.79 Å². The van der Waals surface area contributed by atoms with E-state index in [-0.39, 0.29) is 11.4 Å². The van der Waals surface area contributed by atoms with Gasteiger partial charge in [-0.05, 0) is 70.1 Å². The van der Waals surface area contributed by atoms with E-state index in [0.29, 0.717) is 17.6 Å². The second-order valence-corrected chi connectivity index (χ2v) is 8.30. The van der Waals surface area contributed by atoms with E-state index in [4.69, 9.17) is 9.47 Å². The lowest BCUT2D eigenvalue weighted by Crippen LogP contribution is -2.34. The van der Waals surface area contributed by atoms with E-state index in [0.717, 1.165) is 22.2 Å². The molecule has 0 radical (unpaired) electrons. The fourth-order valence-electron chi connectivity index (χ4n) is 3.56. The first-order chi connectivity index (χ1) is 11.2. The minimum atomic E-state index is -0.316. The highest BCUT2D eigenvalue weighted by Gasteiger charge is 2.38. The van der Waals surface area contributed by atoms with Crippen molar-refractivity contribution in [1.82, 2.24) is 0 Å². The third kappa shape index (κ3) is 4.02. The Morgan fingerprint density at radius 1 is 1.38 bits per heavy atom. The third-order valence-corrected chi connectivity index (χ3v) is 5.88. The molecule has 0 amide bonds. The van der Waals surface area contributed by atoms with Crippen molar-refractivity contribution in [3.63, 3.8) is 0 Å². The monoisotopic (exact) mass is 394 g/mol. The molecule has 1 aliphatic rings. The lowest BCUT2D eigenvalue weighted by atomic mass is 9.62. The number of methoxy groups -OCH3 is 1. The minimum Gasteiger partial charge on any atom is -0.496 e. The van der Waals surface area contributed by atoms with Gasteiger partial charge >= 0.3 is 5.97 Å². The van der Waals surface area contributed by atoms with Gasteiger partial charge in [-0.25, -0.2) is 0 Å². The van der Waals surface area contributed by atoms with Gasteiger partial charge in [0.25, 0.3) is 0 Å². The van der Waals surface area contributed by atoms with Crippen LogP contribution in [-0.2, 0) is 11.2 Å². The quantitative estimate of drug-likeness (QED) is 0.381. The molecular weight excluding hydrogens is 368 g/mol. The van der Waals surface area contributed by atoms with Gasteiger partial charge in [-0.2, -0.15) is 0 Å². The molecule has 1 fully saturated rings. The zero-order chi connectivity index (χ0) is 18.1. The predicted octanol–water partition coefficient (Wildman–Crippen LogP) is 5.55. The second kappa shape index (κ2) is 7.30. The Bertz CT molecular complexity index is 649. The average molecular weight is 395 g/mol. The van der Waals surface area contributed by atoms with Crippen LogP contribution in [0, 0.1) is 17.3 Å². The van der Waals surface area contributed by atoms with Gasteiger partial charge in [0.05, 0.1) is 11.6 Å². The van der Waals surface area contributed by atoms with E-state index >= 15 is 0 Å². The zero-order valence-electron chi connectivity index (χ0n) is 15.2. The van der Waals surface area contributed by atoms with Crippen molar-refractivity contribution < 1.29 is 14.3 Å². The number of benzene rings is 1. The molecule has 0 aromatic heterocycles. The number of hydrogen-bond acceptors (Lipinski definition) is 3. The number of esters is 1. The summed E-state index contributed by atoms with van der Waals surface area (Å²) in [6.45, 7) is 12.6. The molecule has 4 heteroatoms. The molecule has 0 aliphatic heterocycles. The van der Waals surface area contributed by atoms with Crippen molar-refractivity contribution in [3.8, 4) is 11.5 Å². The van der Waals surface area contributed by atoms with Crippen LogP contribution < -0.4 is 9.47 Å². The largest absolute Gasteiger partial charge is 0.496 e. The van der Waals surface area contributed by atoms with E-state index in [1.165, 1.54) is 25.3 Å². The van der Waals surface area contributed by atoms with Gasteiger partial charge in [0, 0.05) is 6.92 Å². The maximum Gasteiger partial charge on any atom is 0.308 e. The number of carbonyl (C=O) groups excluding carboxylic acids is 1. The second-order valence-electron chi connectivity index (χ2n) is 7.45. The number of carbonyl (C=O) groups is 1. The molecule has 2 rings (SSSR count). The first-order valence-electron chi connectivity index (χ1n) is 8.39. The molecule has 1 unspecified atom stereocenters. The van der Waals surface area contributed by atoms with Crippen LogP contribution in [0.5, 0.6) is 11.5 Å². The molecular formula is C20H27BrO3. The van der Waals surface area contributed by atoms with Crippen LogP contribution in [-0.4, -0.2) is 13.1 Å². The van der Waals surface area contributed by atoms with E-state index in [1.807, 2.05) is 12.1 Å². The van der Waals surface area contributed by atoms with Crippen molar-refractivity contribution >= 4 is 21.9 Å². The van der Waals surface area contributed by atoms with Crippen molar-refractivity contribution in [2.75, 3.05) is 7.11 Å². The highest BCUT2D eigenvalue weighted by molar-refractivity contribution is 9.10. The fraction of sp³-hybridized carbons (Fsp3) is 0.550. The van der Waals surface area contributed by atoms with Crippen molar-refractivity contribution in [3.05, 3.63) is 34.3 Å². The Morgan fingerprint density at radius 3 is 2.62 bits per heavy atom. The van der Waals surface area contributed by atoms with Crippen molar-refractivity contribution in [2.45, 2.75) is 47.0 Å². The lowest BCUT2D eigenvalue weighted by Gasteiger charge is -2.43. The van der Waals surface area contributed by atoms with Crippen LogP contribution in [0.2, 0.25) is 0 Å². The lowest BCUT2D eigenvalue weighted by molar-refractivity contribution is -0.131. The first kappa shape index (κ1) is 19.0. The van der Waals surface area contributed by atoms with Gasteiger partial charge in [0.2, 0.25) is 0 Å². The van der Waals surface area contributed by atoms with Crippen molar-refractivity contribution in [2.24, 2.45) is 17.3 Å². The molecule has 3 nitrogen and oxygen atoms in total. The van der Waals surface area contributed by atoms with Gasteiger partial charge in [-0.3, -0.25) is 4.79 Å². The van der Waals surface area contributed by atoms with Gasteiger partial charge in [0.1, 0.15) is 11.5 Å². The van der Waals surface area contributed by atoms with Crippen molar-refractivity contribution in [1.29, 1.82) is 0 Å². The summed E-state index contributed by atoms with van der Waals surface area (Å²) in [6.07, 6.45) is 3.15. The summed E-state index contributed by atoms with van der Waals surface area (Å²) in [7, 11) is 1.64. The molecule has 1 aromatic rings. The Hall–Kier alpha value is -1.29. The van der Waals surface area contributed by atoms with Gasteiger partial charge in [-0.15, -0.1) is 0 Å². The normalized spacial score (nSPS) is 23.0. The summed E-state index contributed by atoms with van der Waals surface area (Å²) < 4.78 is 11.6. The summed E-state index contributed by atoms with van der Waals surface area (Å²) in [5, 5.41) is 0. The van der Waals surface area contributed by atoms with Crippen LogP contribution in [0.1, 0.15) is 46.1 Å². The van der Waals surface area contributed by atoms with E-state index < -0.39 is 0 Å². The number of rotatable bonds is 4. The molecule has 132 valence electrons. The van der Waals surface area contributed by atoms with Gasteiger partial charge < -0.3 is 9.47 Å².